The number of carbonyl (C=O) groups is 4. The lowest BCUT2D eigenvalue weighted by molar-refractivity contribution is -0.384. The van der Waals surface area contributed by atoms with E-state index < -0.39 is 45.6 Å². The first-order valence-corrected chi connectivity index (χ1v) is 16.7. The first kappa shape index (κ1) is 40.1. The van der Waals surface area contributed by atoms with Crippen molar-refractivity contribution in [1.29, 1.82) is 0 Å². The molecule has 0 spiro atoms. The maximum absolute atomic E-state index is 13.8. The van der Waals surface area contributed by atoms with Crippen molar-refractivity contribution in [2.45, 2.75) is 38.8 Å². The van der Waals surface area contributed by atoms with E-state index in [1.807, 2.05) is 18.9 Å². The fourth-order valence-electron chi connectivity index (χ4n) is 5.78. The molecule has 0 atom stereocenters. The van der Waals surface area contributed by atoms with Gasteiger partial charge in [-0.25, -0.2) is 0 Å². The van der Waals surface area contributed by atoms with Gasteiger partial charge in [0.1, 0.15) is 11.4 Å². The Hall–Kier alpha value is -5.71. The summed E-state index contributed by atoms with van der Waals surface area (Å²) in [5.74, 6) is -3.96. The summed E-state index contributed by atoms with van der Waals surface area (Å²) in [6.07, 6.45) is -2.78. The number of hydrogen-bond donors (Lipinski definition) is 2. The van der Waals surface area contributed by atoms with Crippen LogP contribution in [0.15, 0.2) is 48.5 Å². The third kappa shape index (κ3) is 9.59. The van der Waals surface area contributed by atoms with Gasteiger partial charge in [0, 0.05) is 45.7 Å². The van der Waals surface area contributed by atoms with Crippen molar-refractivity contribution >= 4 is 46.3 Å². The predicted octanol–water partition coefficient (Wildman–Crippen LogP) is 5.22. The van der Waals surface area contributed by atoms with Gasteiger partial charge in [-0.15, -0.1) is 0 Å². The number of piperazine rings is 1. The lowest BCUT2D eigenvalue weighted by atomic mass is 9.97. The van der Waals surface area contributed by atoms with Crippen LogP contribution in [-0.2, 0) is 9.59 Å². The summed E-state index contributed by atoms with van der Waals surface area (Å²) in [6.45, 7) is 5.39. The number of nitrogens with zero attached hydrogens (tertiary/aromatic N) is 4. The fourth-order valence-corrected chi connectivity index (χ4v) is 5.78. The minimum atomic E-state index is -5.41. The van der Waals surface area contributed by atoms with Crippen LogP contribution >= 0.6 is 0 Å². The van der Waals surface area contributed by atoms with E-state index in [9.17, 15) is 42.5 Å². The monoisotopic (exact) mass is 742 g/mol. The minimum Gasteiger partial charge on any atom is -0.494 e. The summed E-state index contributed by atoms with van der Waals surface area (Å²) in [4.78, 5) is 67.7. The number of rotatable bonds is 14. The average Bonchev–Trinajstić information content (AvgIpc) is 3.11. The number of methoxy groups -OCH3 is 1. The number of alkyl halides is 3. The highest BCUT2D eigenvalue weighted by Crippen LogP contribution is 2.38. The summed E-state index contributed by atoms with van der Waals surface area (Å²) in [5.41, 5.74) is 4.32. The normalized spacial score (nSPS) is 13.3. The fraction of sp³-hybridized carbons (Fsp3) is 0.389. The van der Waals surface area contributed by atoms with E-state index in [-0.39, 0.29) is 28.5 Å². The zero-order chi connectivity index (χ0) is 39.0. The van der Waals surface area contributed by atoms with Crippen LogP contribution in [0.25, 0.3) is 0 Å². The maximum Gasteiger partial charge on any atom is 0.471 e. The number of nitrogen functional groups attached to an aromatic ring is 1. The molecule has 0 aromatic heterocycles. The lowest BCUT2D eigenvalue weighted by Gasteiger charge is -2.32. The number of likely N-dealkylation sites (N-methyl/N-ethyl adjacent to an activating group) is 1. The van der Waals surface area contributed by atoms with Crippen LogP contribution in [0.4, 0.5) is 35.9 Å². The highest BCUT2D eigenvalue weighted by Gasteiger charge is 2.41. The van der Waals surface area contributed by atoms with Gasteiger partial charge in [0.15, 0.2) is 11.5 Å². The van der Waals surface area contributed by atoms with Gasteiger partial charge in [0.25, 0.3) is 11.6 Å². The second-order valence-electron chi connectivity index (χ2n) is 12.5. The Kier molecular flexibility index (Phi) is 13.0. The molecule has 53 heavy (non-hydrogen) atoms. The molecule has 1 saturated heterocycles. The van der Waals surface area contributed by atoms with E-state index in [4.69, 9.17) is 15.2 Å². The van der Waals surface area contributed by atoms with Crippen LogP contribution in [0.5, 0.6) is 11.5 Å². The van der Waals surface area contributed by atoms with Gasteiger partial charge >= 0.3 is 12.1 Å². The standard InChI is InChI=1S/C36H41F3N6O8/c1-22-12-15-26(28(21-22)53-20-7-5-6-11-29(46)44-18-16-42(2)17-19-44)43(3)34(48)23-13-14-25(33(52-4)30(23)40)32(47)24-9-8-10-27(45(50)51)31(24)41-35(49)36(37,38)39/h8-10,12-15,21H,5-7,11,16-20,40H2,1-4H3,(H,41,49). The SMILES string of the molecule is COc1c(C(=O)c2cccc([N+](=O)[O-])c2NC(=O)C(F)(F)F)ccc(C(=O)N(C)c2ccc(C)cc2OCCCCCC(=O)N2CCN(C)CC2)c1N. The minimum absolute atomic E-state index is 0.0953. The number of anilines is 3. The van der Waals surface area contributed by atoms with Crippen molar-refractivity contribution in [3.63, 3.8) is 0 Å². The molecule has 3 aromatic rings. The molecule has 1 aliphatic heterocycles. The Morgan fingerprint density at radius 2 is 1.66 bits per heavy atom. The van der Waals surface area contributed by atoms with Gasteiger partial charge < -0.3 is 35.2 Å². The number of carbonyl (C=O) groups excluding carboxylic acids is 4. The molecular weight excluding hydrogens is 701 g/mol. The summed E-state index contributed by atoms with van der Waals surface area (Å²) >= 11 is 0. The highest BCUT2D eigenvalue weighted by atomic mass is 19.4. The number of unbranched alkanes of at least 4 members (excludes halogenated alkanes) is 2. The van der Waals surface area contributed by atoms with E-state index in [1.165, 1.54) is 23.3 Å². The molecule has 0 unspecified atom stereocenters. The molecular formula is C36H41F3N6O8. The number of nitro groups is 1. The number of aryl methyl sites for hydroxylation is 1. The van der Waals surface area contributed by atoms with Crippen molar-refractivity contribution < 1.29 is 46.7 Å². The Morgan fingerprint density at radius 1 is 0.981 bits per heavy atom. The predicted molar refractivity (Wildman–Crippen MR) is 191 cm³/mol. The van der Waals surface area contributed by atoms with Gasteiger partial charge in [0.05, 0.1) is 46.7 Å². The summed E-state index contributed by atoms with van der Waals surface area (Å²) < 4.78 is 50.7. The maximum atomic E-state index is 13.8. The summed E-state index contributed by atoms with van der Waals surface area (Å²) in [7, 11) is 4.67. The number of ketones is 1. The van der Waals surface area contributed by atoms with Gasteiger partial charge in [-0.1, -0.05) is 12.1 Å². The van der Waals surface area contributed by atoms with Crippen LogP contribution in [-0.4, -0.2) is 98.4 Å². The molecule has 17 heteroatoms. The first-order chi connectivity index (χ1) is 25.0. The first-order valence-electron chi connectivity index (χ1n) is 16.7. The smallest absolute Gasteiger partial charge is 0.471 e. The summed E-state index contributed by atoms with van der Waals surface area (Å²) in [6, 6.07) is 10.5. The van der Waals surface area contributed by atoms with Crippen LogP contribution < -0.4 is 25.4 Å². The number of hydrogen-bond acceptors (Lipinski definition) is 10. The Bertz CT molecular complexity index is 1880. The Morgan fingerprint density at radius 3 is 2.30 bits per heavy atom. The average molecular weight is 743 g/mol. The second kappa shape index (κ2) is 17.2. The third-order valence-corrected chi connectivity index (χ3v) is 8.78. The highest BCUT2D eigenvalue weighted by molar-refractivity contribution is 6.19. The van der Waals surface area contributed by atoms with Crippen LogP contribution in [0, 0.1) is 17.0 Å². The van der Waals surface area contributed by atoms with Crippen LogP contribution in [0.2, 0.25) is 0 Å². The van der Waals surface area contributed by atoms with Gasteiger partial charge in [-0.3, -0.25) is 29.3 Å². The molecule has 4 rings (SSSR count). The number of nitrogens with one attached hydrogen (secondary N) is 1. The molecule has 0 bridgehead atoms. The molecule has 1 heterocycles. The van der Waals surface area contributed by atoms with E-state index in [0.29, 0.717) is 30.9 Å². The Balaban J connectivity index is 1.50. The van der Waals surface area contributed by atoms with E-state index in [2.05, 4.69) is 4.90 Å². The molecule has 3 amide bonds. The third-order valence-electron chi connectivity index (χ3n) is 8.78. The number of ether oxygens (including phenoxy) is 2. The lowest BCUT2D eigenvalue weighted by Crippen LogP contribution is -2.47. The van der Waals surface area contributed by atoms with Gasteiger partial charge in [-0.2, -0.15) is 13.2 Å². The van der Waals surface area contributed by atoms with Crippen LogP contribution in [0.1, 0.15) is 57.5 Å². The molecule has 1 aliphatic rings. The van der Waals surface area contributed by atoms with Crippen molar-refractivity contribution in [3.8, 4) is 11.5 Å². The molecule has 0 saturated carbocycles. The van der Waals surface area contributed by atoms with Crippen molar-refractivity contribution in [2.24, 2.45) is 0 Å². The second-order valence-corrected chi connectivity index (χ2v) is 12.5. The van der Waals surface area contributed by atoms with E-state index in [1.54, 1.807) is 18.2 Å². The van der Waals surface area contributed by atoms with E-state index in [0.717, 1.165) is 76.0 Å². The Labute approximate surface area is 303 Å². The zero-order valence-electron chi connectivity index (χ0n) is 29.7. The largest absolute Gasteiger partial charge is 0.494 e. The number of nitro benzene ring substituents is 1. The van der Waals surface area contributed by atoms with Crippen molar-refractivity contribution in [3.05, 3.63) is 80.9 Å². The molecule has 3 aromatic carbocycles. The quantitative estimate of drug-likeness (QED) is 0.0732. The van der Waals surface area contributed by atoms with Crippen molar-refractivity contribution in [2.75, 3.05) is 69.9 Å². The number of amides is 3. The molecule has 0 aliphatic carbocycles. The number of para-hydroxylation sites is 1. The van der Waals surface area contributed by atoms with Crippen LogP contribution in [0.3, 0.4) is 0 Å². The summed E-state index contributed by atoms with van der Waals surface area (Å²) in [5, 5.41) is 13.0. The molecule has 1 fully saturated rings. The topological polar surface area (TPSA) is 178 Å². The zero-order valence-corrected chi connectivity index (χ0v) is 29.7. The van der Waals surface area contributed by atoms with Gasteiger partial charge in [0.2, 0.25) is 5.91 Å². The van der Waals surface area contributed by atoms with Gasteiger partial charge in [-0.05, 0) is 69.1 Å². The van der Waals surface area contributed by atoms with E-state index >= 15 is 0 Å². The van der Waals surface area contributed by atoms with Crippen molar-refractivity contribution in [1.82, 2.24) is 9.80 Å². The number of benzene rings is 3. The molecule has 14 nitrogen and oxygen atoms in total. The number of nitrogens with two attached hydrogens (primary N) is 1. The molecule has 284 valence electrons. The number of halogens is 3. The molecule has 0 radical (unpaired) electrons. The molecule has 3 N–H and O–H groups in total.